The lowest BCUT2D eigenvalue weighted by atomic mass is 10.1. The number of carbonyl (C=O) groups is 1. The Morgan fingerprint density at radius 3 is 2.40 bits per heavy atom. The van der Waals surface area contributed by atoms with Crippen LogP contribution in [0.3, 0.4) is 0 Å². The summed E-state index contributed by atoms with van der Waals surface area (Å²) in [5.41, 5.74) is 0.873. The molecule has 0 bridgehead atoms. The highest BCUT2D eigenvalue weighted by Gasteiger charge is 2.26. The average Bonchev–Trinajstić information content (AvgIpc) is 2.11. The van der Waals surface area contributed by atoms with Crippen molar-refractivity contribution in [3.63, 3.8) is 0 Å². The highest BCUT2D eigenvalue weighted by molar-refractivity contribution is 5.81. The van der Waals surface area contributed by atoms with E-state index in [0.717, 1.165) is 5.57 Å². The van der Waals surface area contributed by atoms with E-state index in [1.165, 1.54) is 7.11 Å². The van der Waals surface area contributed by atoms with Gasteiger partial charge in [-0.05, 0) is 27.2 Å². The summed E-state index contributed by atoms with van der Waals surface area (Å²) >= 11 is 0. The second-order valence-corrected chi connectivity index (χ2v) is 4.04. The van der Waals surface area contributed by atoms with E-state index in [1.54, 1.807) is 0 Å². The Bertz CT molecular complexity index is 226. The number of hydrogen-bond donors (Lipinski definition) is 2. The molecule has 0 rings (SSSR count). The second-order valence-electron chi connectivity index (χ2n) is 4.04. The summed E-state index contributed by atoms with van der Waals surface area (Å²) in [4.78, 5) is 11.5. The first kappa shape index (κ1) is 14.1. The van der Waals surface area contributed by atoms with Crippen LogP contribution in [0.2, 0.25) is 0 Å². The smallest absolute Gasteiger partial charge is 0.251 e. The number of amides is 1. The Morgan fingerprint density at radius 2 is 2.07 bits per heavy atom. The molecule has 4 nitrogen and oxygen atoms in total. The van der Waals surface area contributed by atoms with Crippen LogP contribution < -0.4 is 5.32 Å². The van der Waals surface area contributed by atoms with Crippen LogP contribution in [0.15, 0.2) is 12.2 Å². The summed E-state index contributed by atoms with van der Waals surface area (Å²) in [7, 11) is 1.47. The predicted molar refractivity (Wildman–Crippen MR) is 59.5 cm³/mol. The molecule has 0 aromatic rings. The maximum atomic E-state index is 11.5. The molecule has 0 spiro atoms. The van der Waals surface area contributed by atoms with Gasteiger partial charge >= 0.3 is 0 Å². The Morgan fingerprint density at radius 1 is 1.53 bits per heavy atom. The first-order chi connectivity index (χ1) is 6.88. The first-order valence-electron chi connectivity index (χ1n) is 5.04. The summed E-state index contributed by atoms with van der Waals surface area (Å²) in [5.74, 6) is -0.405. The predicted octanol–water partition coefficient (Wildman–Crippen LogP) is 0.853. The number of carbonyl (C=O) groups excluding carboxylic acids is 1. The van der Waals surface area contributed by atoms with Crippen LogP contribution in [0.25, 0.3) is 0 Å². The van der Waals surface area contributed by atoms with Crippen molar-refractivity contribution in [3.8, 4) is 0 Å². The normalized spacial score (nSPS) is 14.8. The van der Waals surface area contributed by atoms with Crippen LogP contribution in [0.5, 0.6) is 0 Å². The third kappa shape index (κ3) is 5.54. The molecule has 0 aliphatic rings. The van der Waals surface area contributed by atoms with Crippen LogP contribution >= 0.6 is 0 Å². The minimum Gasteiger partial charge on any atom is -0.381 e. The summed E-state index contributed by atoms with van der Waals surface area (Å²) in [6.45, 7) is 9.23. The minimum atomic E-state index is -1.14. The highest BCUT2D eigenvalue weighted by atomic mass is 16.5. The molecular weight excluding hydrogens is 194 g/mol. The van der Waals surface area contributed by atoms with E-state index in [4.69, 9.17) is 4.74 Å². The fourth-order valence-electron chi connectivity index (χ4n) is 1.21. The number of nitrogens with one attached hydrogen (secondary N) is 1. The van der Waals surface area contributed by atoms with E-state index < -0.39 is 18.1 Å². The van der Waals surface area contributed by atoms with Gasteiger partial charge in [-0.2, -0.15) is 0 Å². The SMILES string of the molecule is C=C(C)C[C@@H](OC)[C@H](O)C(=O)NC(C)C. The van der Waals surface area contributed by atoms with Crippen molar-refractivity contribution in [2.24, 2.45) is 0 Å². The first-order valence-corrected chi connectivity index (χ1v) is 5.04. The van der Waals surface area contributed by atoms with E-state index in [0.29, 0.717) is 6.42 Å². The molecule has 15 heavy (non-hydrogen) atoms. The molecule has 1 amide bonds. The molecule has 0 unspecified atom stereocenters. The van der Waals surface area contributed by atoms with Crippen molar-refractivity contribution >= 4 is 5.91 Å². The maximum Gasteiger partial charge on any atom is 0.251 e. The molecule has 0 saturated carbocycles. The Labute approximate surface area is 91.3 Å². The van der Waals surface area contributed by atoms with Crippen molar-refractivity contribution in [2.45, 2.75) is 45.4 Å². The van der Waals surface area contributed by atoms with E-state index >= 15 is 0 Å². The maximum absolute atomic E-state index is 11.5. The van der Waals surface area contributed by atoms with E-state index in [2.05, 4.69) is 11.9 Å². The van der Waals surface area contributed by atoms with Gasteiger partial charge in [0.2, 0.25) is 0 Å². The Hall–Kier alpha value is -0.870. The zero-order valence-electron chi connectivity index (χ0n) is 9.91. The molecule has 0 aromatic heterocycles. The van der Waals surface area contributed by atoms with Gasteiger partial charge in [-0.1, -0.05) is 5.57 Å². The molecule has 2 atom stereocenters. The minimum absolute atomic E-state index is 0.00878. The van der Waals surface area contributed by atoms with Gasteiger partial charge in [-0.3, -0.25) is 4.79 Å². The average molecular weight is 215 g/mol. The largest absolute Gasteiger partial charge is 0.381 e. The molecular formula is C11H21NO3. The molecule has 0 aliphatic carbocycles. The summed E-state index contributed by atoms with van der Waals surface area (Å²) in [6.07, 6.45) is -1.20. The number of rotatable bonds is 6. The molecule has 0 heterocycles. The van der Waals surface area contributed by atoms with Gasteiger partial charge in [-0.15, -0.1) is 6.58 Å². The van der Waals surface area contributed by atoms with Crippen LogP contribution in [0.4, 0.5) is 0 Å². The van der Waals surface area contributed by atoms with Gasteiger partial charge in [0.05, 0.1) is 6.10 Å². The standard InChI is InChI=1S/C11H21NO3/c1-7(2)6-9(15-5)10(13)11(14)12-8(3)4/h8-10,13H,1,6H2,2-5H3,(H,12,14)/t9-,10+/m1/s1. The van der Waals surface area contributed by atoms with Gasteiger partial charge in [-0.25, -0.2) is 0 Å². The number of hydrogen-bond acceptors (Lipinski definition) is 3. The summed E-state index contributed by atoms with van der Waals surface area (Å²) in [6, 6.07) is 0.00878. The highest BCUT2D eigenvalue weighted by Crippen LogP contribution is 2.10. The molecule has 0 fully saturated rings. The fraction of sp³-hybridized carbons (Fsp3) is 0.727. The van der Waals surface area contributed by atoms with Gasteiger partial charge in [0.15, 0.2) is 6.10 Å². The van der Waals surface area contributed by atoms with Crippen LogP contribution in [0, 0.1) is 0 Å². The van der Waals surface area contributed by atoms with Gasteiger partial charge in [0.1, 0.15) is 0 Å². The molecule has 0 aliphatic heterocycles. The fourth-order valence-corrected chi connectivity index (χ4v) is 1.21. The quantitative estimate of drug-likeness (QED) is 0.646. The van der Waals surface area contributed by atoms with Crippen molar-refractivity contribution in [1.82, 2.24) is 5.32 Å². The Balaban J connectivity index is 4.30. The van der Waals surface area contributed by atoms with Gasteiger partial charge in [0, 0.05) is 13.2 Å². The topological polar surface area (TPSA) is 58.6 Å². The lowest BCUT2D eigenvalue weighted by molar-refractivity contribution is -0.137. The monoisotopic (exact) mass is 215 g/mol. The second kappa shape index (κ2) is 6.58. The summed E-state index contributed by atoms with van der Waals surface area (Å²) in [5, 5.41) is 12.3. The van der Waals surface area contributed by atoms with E-state index in [-0.39, 0.29) is 6.04 Å². The molecule has 0 radical (unpaired) electrons. The number of aliphatic hydroxyl groups excluding tert-OH is 1. The Kier molecular flexibility index (Phi) is 6.20. The number of aliphatic hydroxyl groups is 1. The molecule has 88 valence electrons. The van der Waals surface area contributed by atoms with Crippen LogP contribution in [-0.2, 0) is 9.53 Å². The molecule has 4 heteroatoms. The van der Waals surface area contributed by atoms with Crippen LogP contribution in [-0.4, -0.2) is 36.4 Å². The number of methoxy groups -OCH3 is 1. The van der Waals surface area contributed by atoms with Crippen molar-refractivity contribution < 1.29 is 14.6 Å². The molecule has 0 aromatic carbocycles. The third-order valence-corrected chi connectivity index (χ3v) is 1.90. The van der Waals surface area contributed by atoms with Crippen molar-refractivity contribution in [3.05, 3.63) is 12.2 Å². The van der Waals surface area contributed by atoms with Crippen molar-refractivity contribution in [2.75, 3.05) is 7.11 Å². The van der Waals surface area contributed by atoms with E-state index in [9.17, 15) is 9.90 Å². The lowest BCUT2D eigenvalue weighted by Gasteiger charge is -2.22. The van der Waals surface area contributed by atoms with E-state index in [1.807, 2.05) is 20.8 Å². The molecule has 0 saturated heterocycles. The zero-order valence-corrected chi connectivity index (χ0v) is 9.91. The van der Waals surface area contributed by atoms with Crippen LogP contribution in [0.1, 0.15) is 27.2 Å². The molecule has 2 N–H and O–H groups in total. The van der Waals surface area contributed by atoms with Gasteiger partial charge in [0.25, 0.3) is 5.91 Å². The van der Waals surface area contributed by atoms with Crippen molar-refractivity contribution in [1.29, 1.82) is 0 Å². The lowest BCUT2D eigenvalue weighted by Crippen LogP contribution is -2.45. The zero-order chi connectivity index (χ0) is 12.0. The third-order valence-electron chi connectivity index (χ3n) is 1.90. The number of ether oxygens (including phenoxy) is 1. The van der Waals surface area contributed by atoms with Gasteiger partial charge < -0.3 is 15.2 Å². The summed E-state index contributed by atoms with van der Waals surface area (Å²) < 4.78 is 5.05.